The number of halogens is 2. The molecule has 1 aliphatic rings. The zero-order chi connectivity index (χ0) is 25.7. The Hall–Kier alpha value is -3.10. The maximum absolute atomic E-state index is 13.7. The molecule has 4 aromatic rings. The lowest BCUT2D eigenvalue weighted by atomic mass is 10.00. The van der Waals surface area contributed by atoms with Gasteiger partial charge in [-0.05, 0) is 36.9 Å². The number of benzene rings is 3. The molecule has 9 heteroatoms. The molecular weight excluding hydrogens is 501 g/mol. The number of furan rings is 1. The number of carbonyl (C=O) groups excluding carboxylic acids is 1. The Balaban J connectivity index is 0.000000967. The third-order valence-electron chi connectivity index (χ3n) is 6.27. The van der Waals surface area contributed by atoms with E-state index in [1.165, 1.54) is 0 Å². The van der Waals surface area contributed by atoms with Crippen molar-refractivity contribution in [2.45, 2.75) is 12.6 Å². The van der Waals surface area contributed by atoms with Crippen LogP contribution in [0.15, 0.2) is 65.1 Å². The highest BCUT2D eigenvalue weighted by Crippen LogP contribution is 2.35. The first-order valence-electron chi connectivity index (χ1n) is 11.5. The minimum absolute atomic E-state index is 0.0661. The largest absolute Gasteiger partial charge is 0.483 e. The van der Waals surface area contributed by atoms with Gasteiger partial charge in [0.15, 0.2) is 0 Å². The zero-order valence-electron chi connectivity index (χ0n) is 19.8. The van der Waals surface area contributed by atoms with Crippen LogP contribution in [0.4, 0.5) is 0 Å². The van der Waals surface area contributed by atoms with Crippen molar-refractivity contribution in [3.63, 3.8) is 0 Å². The van der Waals surface area contributed by atoms with Gasteiger partial charge in [0.1, 0.15) is 17.2 Å². The van der Waals surface area contributed by atoms with Gasteiger partial charge in [0.25, 0.3) is 6.47 Å². The molecule has 5 rings (SSSR count). The topological polar surface area (TPSA) is 86.0 Å². The maximum Gasteiger partial charge on any atom is 0.290 e. The maximum atomic E-state index is 13.7. The van der Waals surface area contributed by atoms with E-state index in [0.717, 1.165) is 59.2 Å². The first-order chi connectivity index (χ1) is 17.4. The van der Waals surface area contributed by atoms with E-state index in [2.05, 4.69) is 34.3 Å². The van der Waals surface area contributed by atoms with Gasteiger partial charge in [-0.1, -0.05) is 59.6 Å². The molecule has 7 nitrogen and oxygen atoms in total. The molecule has 0 saturated carbocycles. The number of likely N-dealkylation sites (N-methyl/N-ethyl adjacent to an activating group) is 1. The number of piperazine rings is 1. The molecule has 3 aromatic carbocycles. The highest BCUT2D eigenvalue weighted by atomic mass is 35.5. The van der Waals surface area contributed by atoms with Crippen molar-refractivity contribution in [3.05, 3.63) is 81.8 Å². The summed E-state index contributed by atoms with van der Waals surface area (Å²) in [5.74, 6) is -0.0661. The van der Waals surface area contributed by atoms with Crippen molar-refractivity contribution in [2.24, 2.45) is 0 Å². The summed E-state index contributed by atoms with van der Waals surface area (Å²) in [5.41, 5.74) is 3.34. The molecule has 36 heavy (non-hydrogen) atoms. The molecule has 1 atom stereocenters. The highest BCUT2D eigenvalue weighted by molar-refractivity contribution is 6.34. The molecule has 0 aliphatic carbocycles. The number of nitrogens with zero attached hydrogens (tertiary/aromatic N) is 2. The molecule has 2 N–H and O–H groups in total. The lowest BCUT2D eigenvalue weighted by molar-refractivity contribution is -0.127. The summed E-state index contributed by atoms with van der Waals surface area (Å²) >= 11 is 12.3. The van der Waals surface area contributed by atoms with E-state index < -0.39 is 6.04 Å². The lowest BCUT2D eigenvalue weighted by Gasteiger charge is -2.37. The Bertz CT molecular complexity index is 1350. The average Bonchev–Trinajstić information content (AvgIpc) is 3.24. The fraction of sp³-hybridized carbons (Fsp3) is 0.259. The van der Waals surface area contributed by atoms with Crippen LogP contribution >= 0.6 is 23.2 Å². The molecule has 1 unspecified atom stereocenters. The fourth-order valence-corrected chi connectivity index (χ4v) is 5.14. The molecular formula is C27H27Cl2N3O4. The van der Waals surface area contributed by atoms with Gasteiger partial charge in [0, 0.05) is 59.1 Å². The predicted molar refractivity (Wildman–Crippen MR) is 143 cm³/mol. The number of carbonyl (C=O) groups is 2. The second-order valence-corrected chi connectivity index (χ2v) is 9.54. The Morgan fingerprint density at radius 2 is 1.67 bits per heavy atom. The number of fused-ring (bicyclic) bond motifs is 3. The Labute approximate surface area is 219 Å². The summed E-state index contributed by atoms with van der Waals surface area (Å²) < 4.78 is 6.27. The second-order valence-electron chi connectivity index (χ2n) is 8.66. The summed E-state index contributed by atoms with van der Waals surface area (Å²) in [4.78, 5) is 26.5. The van der Waals surface area contributed by atoms with Crippen LogP contribution in [0, 0.1) is 0 Å². The summed E-state index contributed by atoms with van der Waals surface area (Å²) in [6.07, 6.45) is 0. The predicted octanol–water partition coefficient (Wildman–Crippen LogP) is 5.20. The number of amides is 1. The van der Waals surface area contributed by atoms with Gasteiger partial charge in [0.2, 0.25) is 5.91 Å². The normalized spacial score (nSPS) is 15.3. The van der Waals surface area contributed by atoms with Gasteiger partial charge in [-0.25, -0.2) is 0 Å². The molecule has 1 saturated heterocycles. The number of rotatable bonds is 5. The van der Waals surface area contributed by atoms with E-state index in [1.54, 1.807) is 6.07 Å². The van der Waals surface area contributed by atoms with E-state index in [9.17, 15) is 4.79 Å². The minimum atomic E-state index is -0.461. The van der Waals surface area contributed by atoms with Crippen LogP contribution < -0.4 is 5.32 Å². The number of hydrogen-bond donors (Lipinski definition) is 2. The molecule has 1 aliphatic heterocycles. The van der Waals surface area contributed by atoms with Gasteiger partial charge >= 0.3 is 0 Å². The first kappa shape index (κ1) is 26.0. The van der Waals surface area contributed by atoms with Crippen LogP contribution in [0.25, 0.3) is 21.9 Å². The van der Waals surface area contributed by atoms with E-state index in [-0.39, 0.29) is 12.4 Å². The van der Waals surface area contributed by atoms with Gasteiger partial charge < -0.3 is 19.7 Å². The lowest BCUT2D eigenvalue weighted by Crippen LogP contribution is -2.49. The van der Waals surface area contributed by atoms with E-state index >= 15 is 0 Å². The van der Waals surface area contributed by atoms with Crippen LogP contribution in [0.2, 0.25) is 10.0 Å². The minimum Gasteiger partial charge on any atom is -0.483 e. The van der Waals surface area contributed by atoms with E-state index in [0.29, 0.717) is 16.6 Å². The third kappa shape index (κ3) is 5.82. The SMILES string of the molecule is CN1CCN(C(C(=O)NCc2cc(Cl)cc(Cl)c2)c2cccc3c2oc2ccccc23)CC1.O=CO. The van der Waals surface area contributed by atoms with Gasteiger partial charge in [-0.2, -0.15) is 0 Å². The molecule has 1 fully saturated rings. The quantitative estimate of drug-likeness (QED) is 0.347. The number of nitrogens with one attached hydrogen (secondary N) is 1. The zero-order valence-corrected chi connectivity index (χ0v) is 21.3. The van der Waals surface area contributed by atoms with Crippen molar-refractivity contribution >= 4 is 57.5 Å². The standard InChI is InChI=1S/C26H25Cl2N3O2.CH2O2/c1-30-9-11-31(12-10-30)24(26(32)29-16-17-13-18(27)15-19(28)14-17)22-7-4-6-21-20-5-2-3-8-23(20)33-25(21)22;2-1-3/h2-8,13-15,24H,9-12,16H2,1H3,(H,29,32);1H,(H,2,3). The van der Waals surface area contributed by atoms with Crippen molar-refractivity contribution in [1.29, 1.82) is 0 Å². The van der Waals surface area contributed by atoms with Crippen molar-refractivity contribution in [1.82, 2.24) is 15.1 Å². The summed E-state index contributed by atoms with van der Waals surface area (Å²) in [7, 11) is 2.11. The van der Waals surface area contributed by atoms with Crippen molar-refractivity contribution in [3.8, 4) is 0 Å². The fourth-order valence-electron chi connectivity index (χ4n) is 4.57. The number of carboxylic acid groups (broad SMARTS) is 1. The smallest absolute Gasteiger partial charge is 0.290 e. The Morgan fingerprint density at radius 3 is 2.36 bits per heavy atom. The molecule has 1 aromatic heterocycles. The summed E-state index contributed by atoms with van der Waals surface area (Å²) in [6, 6.07) is 18.9. The highest BCUT2D eigenvalue weighted by Gasteiger charge is 2.32. The first-order valence-corrected chi connectivity index (χ1v) is 12.3. The summed E-state index contributed by atoms with van der Waals surface area (Å²) in [6.45, 7) is 3.51. The molecule has 188 valence electrons. The van der Waals surface area contributed by atoms with Crippen LogP contribution in [0.5, 0.6) is 0 Å². The number of hydrogen-bond acceptors (Lipinski definition) is 5. The van der Waals surface area contributed by atoms with Crippen LogP contribution in [-0.2, 0) is 16.1 Å². The van der Waals surface area contributed by atoms with E-state index in [1.807, 2.05) is 42.5 Å². The van der Waals surface area contributed by atoms with Crippen molar-refractivity contribution < 1.29 is 19.1 Å². The molecule has 1 amide bonds. The molecule has 2 heterocycles. The van der Waals surface area contributed by atoms with Gasteiger partial charge in [-0.3, -0.25) is 14.5 Å². The third-order valence-corrected chi connectivity index (χ3v) is 6.71. The Morgan fingerprint density at radius 1 is 1.03 bits per heavy atom. The Kier molecular flexibility index (Phi) is 8.48. The summed E-state index contributed by atoms with van der Waals surface area (Å²) in [5, 5.41) is 13.2. The molecule has 0 spiro atoms. The monoisotopic (exact) mass is 527 g/mol. The molecule has 0 radical (unpaired) electrons. The second kappa shape index (κ2) is 11.8. The number of para-hydroxylation sites is 2. The van der Waals surface area contributed by atoms with Gasteiger partial charge in [-0.15, -0.1) is 0 Å². The van der Waals surface area contributed by atoms with E-state index in [4.69, 9.17) is 37.5 Å². The van der Waals surface area contributed by atoms with Crippen LogP contribution in [-0.4, -0.2) is 60.5 Å². The van der Waals surface area contributed by atoms with Crippen LogP contribution in [0.1, 0.15) is 17.2 Å². The van der Waals surface area contributed by atoms with Crippen molar-refractivity contribution in [2.75, 3.05) is 33.2 Å². The van der Waals surface area contributed by atoms with Gasteiger partial charge in [0.05, 0.1) is 0 Å². The average molecular weight is 528 g/mol. The molecule has 0 bridgehead atoms. The van der Waals surface area contributed by atoms with Crippen LogP contribution in [0.3, 0.4) is 0 Å².